The van der Waals surface area contributed by atoms with Crippen LogP contribution in [-0.2, 0) is 0 Å². The molecule has 1 heterocycles. The molecule has 6 heteroatoms. The highest BCUT2D eigenvalue weighted by atomic mass is 16.3. The summed E-state index contributed by atoms with van der Waals surface area (Å²) in [4.78, 5) is 11.6. The third-order valence-electron chi connectivity index (χ3n) is 1.86. The van der Waals surface area contributed by atoms with Gasteiger partial charge >= 0.3 is 0 Å². The fraction of sp³-hybridized carbons (Fsp3) is 0. The number of para-hydroxylation sites is 1. The van der Waals surface area contributed by atoms with Crippen molar-refractivity contribution in [1.29, 1.82) is 0 Å². The highest BCUT2D eigenvalue weighted by Gasteiger charge is 2.13. The van der Waals surface area contributed by atoms with Crippen LogP contribution in [0.3, 0.4) is 0 Å². The number of hydrogen-bond acceptors (Lipinski definition) is 5. The molecule has 2 rings (SSSR count). The SMILES string of the molecule is O=C(NN1C=CNN1)c1ccccc1O. The Kier molecular flexibility index (Phi) is 2.42. The van der Waals surface area contributed by atoms with Gasteiger partial charge in [-0.3, -0.25) is 4.79 Å². The minimum Gasteiger partial charge on any atom is -0.507 e. The maximum atomic E-state index is 11.6. The number of nitrogens with zero attached hydrogens (tertiary/aromatic N) is 1. The van der Waals surface area contributed by atoms with Crippen LogP contribution < -0.4 is 16.4 Å². The predicted octanol–water partition coefficient (Wildman–Crippen LogP) is -0.167. The van der Waals surface area contributed by atoms with Gasteiger partial charge in [-0.25, -0.2) is 10.5 Å². The Labute approximate surface area is 86.1 Å². The Morgan fingerprint density at radius 1 is 1.40 bits per heavy atom. The number of hydrazine groups is 3. The van der Waals surface area contributed by atoms with E-state index in [2.05, 4.69) is 16.4 Å². The molecule has 0 atom stereocenters. The first kappa shape index (κ1) is 9.35. The quantitative estimate of drug-likeness (QED) is 0.540. The molecule has 1 aromatic rings. The summed E-state index contributed by atoms with van der Waals surface area (Å²) in [5.41, 5.74) is 8.03. The molecular formula is C9H10N4O2. The second kappa shape index (κ2) is 3.89. The van der Waals surface area contributed by atoms with Gasteiger partial charge in [-0.2, -0.15) is 0 Å². The van der Waals surface area contributed by atoms with E-state index in [1.54, 1.807) is 24.5 Å². The van der Waals surface area contributed by atoms with E-state index in [1.807, 2.05) is 0 Å². The molecule has 0 fully saturated rings. The zero-order valence-electron chi connectivity index (χ0n) is 7.77. The third-order valence-corrected chi connectivity index (χ3v) is 1.86. The van der Waals surface area contributed by atoms with E-state index in [4.69, 9.17) is 0 Å². The molecule has 1 amide bonds. The summed E-state index contributed by atoms with van der Waals surface area (Å²) in [5, 5.41) is 10.8. The fourth-order valence-corrected chi connectivity index (χ4v) is 1.16. The number of benzene rings is 1. The first-order valence-corrected chi connectivity index (χ1v) is 4.33. The molecule has 0 unspecified atom stereocenters. The second-order valence-corrected chi connectivity index (χ2v) is 2.90. The van der Waals surface area contributed by atoms with Gasteiger partial charge in [0.25, 0.3) is 5.91 Å². The number of amides is 1. The molecular weight excluding hydrogens is 196 g/mol. The molecule has 0 saturated carbocycles. The van der Waals surface area contributed by atoms with Gasteiger partial charge in [-0.1, -0.05) is 12.1 Å². The Bertz CT molecular complexity index is 405. The van der Waals surface area contributed by atoms with Gasteiger partial charge in [0.05, 0.1) is 11.8 Å². The number of carbonyl (C=O) groups is 1. The van der Waals surface area contributed by atoms with E-state index in [0.29, 0.717) is 0 Å². The maximum Gasteiger partial charge on any atom is 0.274 e. The number of nitrogens with one attached hydrogen (secondary N) is 3. The molecule has 0 aromatic heterocycles. The van der Waals surface area contributed by atoms with Gasteiger partial charge in [0.2, 0.25) is 0 Å². The molecule has 15 heavy (non-hydrogen) atoms. The van der Waals surface area contributed by atoms with Crippen LogP contribution in [0, 0.1) is 0 Å². The van der Waals surface area contributed by atoms with E-state index in [0.717, 1.165) is 0 Å². The van der Waals surface area contributed by atoms with Gasteiger partial charge in [0.1, 0.15) is 5.75 Å². The van der Waals surface area contributed by atoms with Gasteiger partial charge in [0.15, 0.2) is 0 Å². The third kappa shape index (κ3) is 2.00. The predicted molar refractivity (Wildman–Crippen MR) is 52.8 cm³/mol. The zero-order chi connectivity index (χ0) is 10.7. The van der Waals surface area contributed by atoms with E-state index in [-0.39, 0.29) is 11.3 Å². The van der Waals surface area contributed by atoms with E-state index < -0.39 is 5.91 Å². The molecule has 1 aliphatic heterocycles. The van der Waals surface area contributed by atoms with Gasteiger partial charge in [-0.15, -0.1) is 5.53 Å². The Hall–Kier alpha value is -2.21. The number of aromatic hydroxyl groups is 1. The standard InChI is InChI=1S/C9H10N4O2/c14-8-4-2-1-3-7(8)9(15)11-13-6-5-10-12-13/h1-6,10,12,14H,(H,11,15). The van der Waals surface area contributed by atoms with Crippen molar-refractivity contribution in [1.82, 2.24) is 21.5 Å². The van der Waals surface area contributed by atoms with Gasteiger partial charge in [-0.05, 0) is 12.1 Å². The fourth-order valence-electron chi connectivity index (χ4n) is 1.16. The van der Waals surface area contributed by atoms with Crippen LogP contribution in [0.5, 0.6) is 5.75 Å². The van der Waals surface area contributed by atoms with E-state index in [9.17, 15) is 9.90 Å². The lowest BCUT2D eigenvalue weighted by Crippen LogP contribution is -2.47. The number of phenols is 1. The molecule has 1 aromatic carbocycles. The topological polar surface area (TPSA) is 76.6 Å². The van der Waals surface area contributed by atoms with Crippen molar-refractivity contribution in [2.75, 3.05) is 0 Å². The molecule has 1 aliphatic rings. The monoisotopic (exact) mass is 206 g/mol. The molecule has 0 bridgehead atoms. The number of hydrogen-bond donors (Lipinski definition) is 4. The van der Waals surface area contributed by atoms with Crippen molar-refractivity contribution in [2.45, 2.75) is 0 Å². The van der Waals surface area contributed by atoms with E-state index >= 15 is 0 Å². The second-order valence-electron chi connectivity index (χ2n) is 2.90. The summed E-state index contributed by atoms with van der Waals surface area (Å²) in [7, 11) is 0. The van der Waals surface area contributed by atoms with Crippen LogP contribution >= 0.6 is 0 Å². The zero-order valence-corrected chi connectivity index (χ0v) is 7.77. The first-order valence-electron chi connectivity index (χ1n) is 4.33. The number of phenolic OH excluding ortho intramolecular Hbond substituents is 1. The summed E-state index contributed by atoms with van der Waals surface area (Å²) in [6.45, 7) is 0. The average molecular weight is 206 g/mol. The Morgan fingerprint density at radius 3 is 2.87 bits per heavy atom. The molecule has 78 valence electrons. The number of rotatable bonds is 2. The minimum absolute atomic E-state index is 0.0499. The molecule has 0 spiro atoms. The summed E-state index contributed by atoms with van der Waals surface area (Å²) >= 11 is 0. The van der Waals surface area contributed by atoms with Crippen molar-refractivity contribution in [3.8, 4) is 5.75 Å². The van der Waals surface area contributed by atoms with Crippen molar-refractivity contribution in [3.05, 3.63) is 42.2 Å². The normalized spacial score (nSPS) is 13.7. The van der Waals surface area contributed by atoms with Crippen LogP contribution in [0.1, 0.15) is 10.4 Å². The average Bonchev–Trinajstić information content (AvgIpc) is 2.71. The minimum atomic E-state index is -0.394. The first-order chi connectivity index (χ1) is 7.27. The number of carbonyl (C=O) groups excluding carboxylic acids is 1. The largest absolute Gasteiger partial charge is 0.507 e. The summed E-state index contributed by atoms with van der Waals surface area (Å²) in [6, 6.07) is 6.33. The molecule has 4 N–H and O–H groups in total. The summed E-state index contributed by atoms with van der Waals surface area (Å²) in [6.07, 6.45) is 3.21. The van der Waals surface area contributed by atoms with Crippen LogP contribution in [0.15, 0.2) is 36.7 Å². The smallest absolute Gasteiger partial charge is 0.274 e. The molecule has 0 aliphatic carbocycles. The van der Waals surface area contributed by atoms with Crippen molar-refractivity contribution in [2.24, 2.45) is 0 Å². The summed E-state index contributed by atoms with van der Waals surface area (Å²) < 4.78 is 0. The lowest BCUT2D eigenvalue weighted by Gasteiger charge is -2.16. The van der Waals surface area contributed by atoms with Gasteiger partial charge in [0, 0.05) is 6.20 Å². The molecule has 0 radical (unpaired) electrons. The summed E-state index contributed by atoms with van der Waals surface area (Å²) in [5.74, 6) is -0.444. The lowest BCUT2D eigenvalue weighted by molar-refractivity contribution is 0.0788. The van der Waals surface area contributed by atoms with Crippen LogP contribution in [-0.4, -0.2) is 16.1 Å². The van der Waals surface area contributed by atoms with Crippen LogP contribution in [0.25, 0.3) is 0 Å². The molecule has 0 saturated heterocycles. The highest BCUT2D eigenvalue weighted by Crippen LogP contribution is 2.14. The van der Waals surface area contributed by atoms with E-state index in [1.165, 1.54) is 17.3 Å². The lowest BCUT2D eigenvalue weighted by atomic mass is 10.2. The van der Waals surface area contributed by atoms with Crippen LogP contribution in [0.2, 0.25) is 0 Å². The maximum absolute atomic E-state index is 11.6. The van der Waals surface area contributed by atoms with Crippen molar-refractivity contribution < 1.29 is 9.90 Å². The Morgan fingerprint density at radius 2 is 2.20 bits per heavy atom. The highest BCUT2D eigenvalue weighted by molar-refractivity contribution is 5.96. The van der Waals surface area contributed by atoms with Crippen molar-refractivity contribution >= 4 is 5.91 Å². The van der Waals surface area contributed by atoms with Crippen LogP contribution in [0.4, 0.5) is 0 Å². The Balaban J connectivity index is 2.07. The van der Waals surface area contributed by atoms with Gasteiger partial charge < -0.3 is 10.5 Å². The molecule has 6 nitrogen and oxygen atoms in total. The van der Waals surface area contributed by atoms with Crippen molar-refractivity contribution in [3.63, 3.8) is 0 Å².